The molecule has 1 aromatic heterocycles. The zero-order valence-corrected chi connectivity index (χ0v) is 12.7. The van der Waals surface area contributed by atoms with Crippen molar-refractivity contribution in [1.29, 1.82) is 0 Å². The van der Waals surface area contributed by atoms with Gasteiger partial charge in [-0.1, -0.05) is 6.92 Å². The molecule has 1 saturated heterocycles. The van der Waals surface area contributed by atoms with E-state index in [-0.39, 0.29) is 11.8 Å². The van der Waals surface area contributed by atoms with Crippen LogP contribution in [0.3, 0.4) is 0 Å². The summed E-state index contributed by atoms with van der Waals surface area (Å²) in [6.45, 7) is 7.75. The van der Waals surface area contributed by atoms with E-state index in [9.17, 15) is 9.59 Å². The lowest BCUT2D eigenvalue weighted by Crippen LogP contribution is -2.68. The number of aromatic nitrogens is 2. The molecular formula is C14H22N4O2. The van der Waals surface area contributed by atoms with Crippen molar-refractivity contribution in [3.63, 3.8) is 0 Å². The maximum absolute atomic E-state index is 12.6. The van der Waals surface area contributed by atoms with Crippen LogP contribution in [0.5, 0.6) is 0 Å². The van der Waals surface area contributed by atoms with E-state index in [0.29, 0.717) is 13.0 Å². The Morgan fingerprint density at radius 2 is 2.10 bits per heavy atom. The van der Waals surface area contributed by atoms with Gasteiger partial charge in [0.05, 0.1) is 17.9 Å². The normalized spacial score (nSPS) is 26.9. The standard InChI is InChI=1S/C14H22N4O2/c1-6-14(4)13(20)18(10(3)12(19)15-14)8-11-7-9(2)16-17(11)5/h7,10H,6,8H2,1-5H3,(H,15,19). The van der Waals surface area contributed by atoms with Crippen LogP contribution in [0.4, 0.5) is 0 Å². The Morgan fingerprint density at radius 3 is 2.60 bits per heavy atom. The minimum Gasteiger partial charge on any atom is -0.340 e. The molecule has 6 nitrogen and oxygen atoms in total. The summed E-state index contributed by atoms with van der Waals surface area (Å²) in [5.74, 6) is -0.140. The Morgan fingerprint density at radius 1 is 1.45 bits per heavy atom. The van der Waals surface area contributed by atoms with Crippen LogP contribution in [0.1, 0.15) is 38.6 Å². The molecule has 2 atom stereocenters. The van der Waals surface area contributed by atoms with Crippen molar-refractivity contribution < 1.29 is 9.59 Å². The number of piperazine rings is 1. The second-order valence-electron chi connectivity index (χ2n) is 5.68. The van der Waals surface area contributed by atoms with Gasteiger partial charge >= 0.3 is 0 Å². The average molecular weight is 278 g/mol. The monoisotopic (exact) mass is 278 g/mol. The van der Waals surface area contributed by atoms with E-state index in [2.05, 4.69) is 10.4 Å². The third-order valence-electron chi connectivity index (χ3n) is 4.12. The first-order valence-corrected chi connectivity index (χ1v) is 6.91. The van der Waals surface area contributed by atoms with Gasteiger partial charge in [-0.25, -0.2) is 0 Å². The van der Waals surface area contributed by atoms with Crippen molar-refractivity contribution in [2.75, 3.05) is 0 Å². The number of amides is 2. The summed E-state index contributed by atoms with van der Waals surface area (Å²) >= 11 is 0. The van der Waals surface area contributed by atoms with Crippen molar-refractivity contribution in [3.8, 4) is 0 Å². The Hall–Kier alpha value is -1.85. The molecule has 0 radical (unpaired) electrons. The van der Waals surface area contributed by atoms with Crippen LogP contribution < -0.4 is 5.32 Å². The molecule has 6 heteroatoms. The van der Waals surface area contributed by atoms with E-state index >= 15 is 0 Å². The van der Waals surface area contributed by atoms with Crippen LogP contribution >= 0.6 is 0 Å². The van der Waals surface area contributed by atoms with E-state index in [1.54, 1.807) is 23.4 Å². The highest BCUT2D eigenvalue weighted by molar-refractivity contribution is 5.99. The van der Waals surface area contributed by atoms with Crippen LogP contribution in [0.25, 0.3) is 0 Å². The lowest BCUT2D eigenvalue weighted by atomic mass is 9.92. The molecule has 0 saturated carbocycles. The van der Waals surface area contributed by atoms with Gasteiger partial charge in [-0.15, -0.1) is 0 Å². The zero-order chi connectivity index (χ0) is 15.1. The second-order valence-corrected chi connectivity index (χ2v) is 5.68. The van der Waals surface area contributed by atoms with Crippen LogP contribution in [0.2, 0.25) is 0 Å². The number of carbonyl (C=O) groups excluding carboxylic acids is 2. The van der Waals surface area contributed by atoms with Gasteiger partial charge in [0.15, 0.2) is 0 Å². The van der Waals surface area contributed by atoms with Gasteiger partial charge in [0.25, 0.3) is 0 Å². The molecule has 2 amide bonds. The molecule has 110 valence electrons. The first-order chi connectivity index (χ1) is 9.28. The molecule has 1 aliphatic rings. The van der Waals surface area contributed by atoms with Crippen LogP contribution in [-0.4, -0.2) is 38.1 Å². The van der Waals surface area contributed by atoms with E-state index in [1.807, 2.05) is 27.0 Å². The number of hydrogen-bond donors (Lipinski definition) is 1. The lowest BCUT2D eigenvalue weighted by Gasteiger charge is -2.42. The first-order valence-electron chi connectivity index (χ1n) is 6.91. The minimum atomic E-state index is -0.808. The second kappa shape index (κ2) is 4.92. The summed E-state index contributed by atoms with van der Waals surface area (Å²) < 4.78 is 1.76. The lowest BCUT2D eigenvalue weighted by molar-refractivity contribution is -0.154. The number of nitrogens with zero attached hydrogens (tertiary/aromatic N) is 3. The number of nitrogens with one attached hydrogen (secondary N) is 1. The Bertz CT molecular complexity index is 551. The van der Waals surface area contributed by atoms with Crippen molar-refractivity contribution in [2.24, 2.45) is 7.05 Å². The fourth-order valence-electron chi connectivity index (χ4n) is 2.50. The molecule has 1 aromatic rings. The van der Waals surface area contributed by atoms with Gasteiger partial charge in [0.1, 0.15) is 11.6 Å². The molecule has 0 aromatic carbocycles. The highest BCUT2D eigenvalue weighted by Gasteiger charge is 2.45. The Kier molecular flexibility index (Phi) is 3.58. The van der Waals surface area contributed by atoms with Gasteiger partial charge < -0.3 is 10.2 Å². The van der Waals surface area contributed by atoms with E-state index in [0.717, 1.165) is 11.4 Å². The van der Waals surface area contributed by atoms with E-state index < -0.39 is 11.6 Å². The van der Waals surface area contributed by atoms with Crippen molar-refractivity contribution in [3.05, 3.63) is 17.5 Å². The minimum absolute atomic E-state index is 0.0362. The fraction of sp³-hybridized carbons (Fsp3) is 0.643. The quantitative estimate of drug-likeness (QED) is 0.887. The largest absolute Gasteiger partial charge is 0.340 e. The van der Waals surface area contributed by atoms with Crippen LogP contribution in [-0.2, 0) is 23.2 Å². The highest BCUT2D eigenvalue weighted by Crippen LogP contribution is 2.23. The van der Waals surface area contributed by atoms with Gasteiger partial charge in [0, 0.05) is 7.05 Å². The number of aryl methyl sites for hydroxylation is 2. The number of rotatable bonds is 3. The molecule has 1 aliphatic heterocycles. The zero-order valence-electron chi connectivity index (χ0n) is 12.7. The van der Waals surface area contributed by atoms with Gasteiger partial charge in [-0.3, -0.25) is 14.3 Å². The van der Waals surface area contributed by atoms with Crippen molar-refractivity contribution in [2.45, 2.75) is 52.2 Å². The summed E-state index contributed by atoms with van der Waals surface area (Å²) in [5, 5.41) is 7.11. The molecule has 1 fully saturated rings. The molecule has 2 heterocycles. The number of carbonyl (C=O) groups is 2. The van der Waals surface area contributed by atoms with Gasteiger partial charge in [-0.2, -0.15) is 5.10 Å². The fourth-order valence-corrected chi connectivity index (χ4v) is 2.50. The van der Waals surface area contributed by atoms with Gasteiger partial charge in [-0.05, 0) is 33.3 Å². The first kappa shape index (κ1) is 14.6. The van der Waals surface area contributed by atoms with Crippen molar-refractivity contribution >= 4 is 11.8 Å². The van der Waals surface area contributed by atoms with Crippen LogP contribution in [0.15, 0.2) is 6.07 Å². The highest BCUT2D eigenvalue weighted by atomic mass is 16.2. The molecule has 0 spiro atoms. The molecule has 1 N–H and O–H groups in total. The maximum atomic E-state index is 12.6. The molecule has 2 rings (SSSR count). The third kappa shape index (κ3) is 2.30. The summed E-state index contributed by atoms with van der Waals surface area (Å²) in [6.07, 6.45) is 0.575. The third-order valence-corrected chi connectivity index (χ3v) is 4.12. The van der Waals surface area contributed by atoms with E-state index in [1.165, 1.54) is 0 Å². The van der Waals surface area contributed by atoms with Crippen molar-refractivity contribution in [1.82, 2.24) is 20.0 Å². The average Bonchev–Trinajstić information content (AvgIpc) is 2.70. The van der Waals surface area contributed by atoms with Crippen LogP contribution in [0, 0.1) is 6.92 Å². The molecule has 0 bridgehead atoms. The molecule has 20 heavy (non-hydrogen) atoms. The Labute approximate surface area is 119 Å². The summed E-state index contributed by atoms with van der Waals surface area (Å²) in [6, 6.07) is 1.48. The smallest absolute Gasteiger partial charge is 0.249 e. The molecule has 2 unspecified atom stereocenters. The summed E-state index contributed by atoms with van der Waals surface area (Å²) in [5.41, 5.74) is 1.02. The topological polar surface area (TPSA) is 67.2 Å². The predicted octanol–water partition coefficient (Wildman–Crippen LogP) is 0.744. The predicted molar refractivity (Wildman–Crippen MR) is 74.8 cm³/mol. The maximum Gasteiger partial charge on any atom is 0.249 e. The molecular weight excluding hydrogens is 256 g/mol. The SMILES string of the molecule is CCC1(C)NC(=O)C(C)N(Cc2cc(C)nn2C)C1=O. The van der Waals surface area contributed by atoms with Gasteiger partial charge in [0.2, 0.25) is 11.8 Å². The van der Waals surface area contributed by atoms with E-state index in [4.69, 9.17) is 0 Å². The summed E-state index contributed by atoms with van der Waals surface area (Å²) in [4.78, 5) is 26.4. The molecule has 0 aliphatic carbocycles. The summed E-state index contributed by atoms with van der Waals surface area (Å²) in [7, 11) is 1.85. The Balaban J connectivity index is 2.30. The number of hydrogen-bond acceptors (Lipinski definition) is 3.